The highest BCUT2D eigenvalue weighted by molar-refractivity contribution is 5.85. The Bertz CT molecular complexity index is 212. The molecule has 0 amide bonds. The number of aliphatic hydroxyl groups is 1. The summed E-state index contributed by atoms with van der Waals surface area (Å²) in [7, 11) is 0. The number of hydrogen-bond donors (Lipinski definition) is 2. The van der Waals surface area contributed by atoms with E-state index in [0.29, 0.717) is 19.3 Å². The molecule has 2 N–H and O–H groups in total. The van der Waals surface area contributed by atoms with Crippen LogP contribution in [-0.4, -0.2) is 28.6 Å². The van der Waals surface area contributed by atoms with E-state index in [0.717, 1.165) is 0 Å². The lowest BCUT2D eigenvalue weighted by Crippen LogP contribution is -2.28. The fourth-order valence-corrected chi connectivity index (χ4v) is 1.84. The number of hydrogen-bond acceptors (Lipinski definition) is 3. The largest absolute Gasteiger partial charge is 0.481 e. The zero-order chi connectivity index (χ0) is 9.84. The quantitative estimate of drug-likeness (QED) is 0.670. The molecule has 0 aromatic carbocycles. The van der Waals surface area contributed by atoms with E-state index in [1.807, 2.05) is 0 Å². The molecular weight excluding hydrogens is 172 g/mol. The van der Waals surface area contributed by atoms with Crippen LogP contribution in [-0.2, 0) is 9.59 Å². The van der Waals surface area contributed by atoms with Gasteiger partial charge in [0, 0.05) is 19.4 Å². The summed E-state index contributed by atoms with van der Waals surface area (Å²) in [5.41, 5.74) is 0. The first-order valence-electron chi connectivity index (χ1n) is 4.49. The molecule has 1 aliphatic carbocycles. The summed E-state index contributed by atoms with van der Waals surface area (Å²) in [6.45, 7) is 0.0320. The fourth-order valence-electron chi connectivity index (χ4n) is 1.84. The molecule has 0 bridgehead atoms. The van der Waals surface area contributed by atoms with Crippen molar-refractivity contribution >= 4 is 11.8 Å². The molecule has 4 nitrogen and oxygen atoms in total. The maximum Gasteiger partial charge on any atom is 0.306 e. The average Bonchev–Trinajstić information content (AvgIpc) is 2.03. The molecule has 0 aromatic heterocycles. The normalized spacial score (nSPS) is 28.8. The third-order valence-corrected chi connectivity index (χ3v) is 2.49. The van der Waals surface area contributed by atoms with Crippen LogP contribution in [0.5, 0.6) is 0 Å². The van der Waals surface area contributed by atoms with Gasteiger partial charge in [0.2, 0.25) is 0 Å². The number of rotatable bonds is 3. The number of carbonyl (C=O) groups excluding carboxylic acids is 1. The van der Waals surface area contributed by atoms with Crippen LogP contribution in [0.25, 0.3) is 0 Å². The Kier molecular flexibility index (Phi) is 3.42. The predicted octanol–water partition coefficient (Wildman–Crippen LogP) is 0.439. The monoisotopic (exact) mass is 186 g/mol. The Morgan fingerprint density at radius 3 is 2.69 bits per heavy atom. The predicted molar refractivity (Wildman–Crippen MR) is 45.2 cm³/mol. The minimum absolute atomic E-state index is 0.0112. The highest BCUT2D eigenvalue weighted by atomic mass is 16.4. The number of Topliss-reactive ketones (excluding diaryl/α,β-unsaturated/α-hetero) is 1. The SMILES string of the molecule is O=C1C[C@@H](CCO)C[C@H](C(=O)O)C1. The highest BCUT2D eigenvalue weighted by Crippen LogP contribution is 2.28. The van der Waals surface area contributed by atoms with E-state index in [9.17, 15) is 9.59 Å². The Labute approximate surface area is 76.6 Å². The Morgan fingerprint density at radius 1 is 1.46 bits per heavy atom. The molecule has 74 valence electrons. The first-order valence-corrected chi connectivity index (χ1v) is 4.49. The van der Waals surface area contributed by atoms with Crippen LogP contribution < -0.4 is 0 Å². The lowest BCUT2D eigenvalue weighted by Gasteiger charge is -2.24. The smallest absolute Gasteiger partial charge is 0.306 e. The van der Waals surface area contributed by atoms with Gasteiger partial charge in [-0.3, -0.25) is 9.59 Å². The zero-order valence-corrected chi connectivity index (χ0v) is 7.40. The van der Waals surface area contributed by atoms with E-state index in [1.165, 1.54) is 0 Å². The van der Waals surface area contributed by atoms with Crippen LogP contribution in [0, 0.1) is 11.8 Å². The molecule has 1 rings (SSSR count). The van der Waals surface area contributed by atoms with E-state index >= 15 is 0 Å². The summed E-state index contributed by atoms with van der Waals surface area (Å²) in [5, 5.41) is 17.4. The Morgan fingerprint density at radius 2 is 2.15 bits per heavy atom. The van der Waals surface area contributed by atoms with Gasteiger partial charge in [-0.15, -0.1) is 0 Å². The zero-order valence-electron chi connectivity index (χ0n) is 7.40. The molecule has 0 saturated heterocycles. The standard InChI is InChI=1S/C9H14O4/c10-2-1-6-3-7(9(12)13)5-8(11)4-6/h6-7,10H,1-5H2,(H,12,13)/t6-,7-/m0/s1. The molecule has 1 fully saturated rings. The molecular formula is C9H14O4. The van der Waals surface area contributed by atoms with Crippen molar-refractivity contribution < 1.29 is 19.8 Å². The summed E-state index contributed by atoms with van der Waals surface area (Å²) >= 11 is 0. The van der Waals surface area contributed by atoms with E-state index in [4.69, 9.17) is 10.2 Å². The van der Waals surface area contributed by atoms with Crippen molar-refractivity contribution in [2.24, 2.45) is 11.8 Å². The van der Waals surface area contributed by atoms with Crippen molar-refractivity contribution in [3.63, 3.8) is 0 Å². The topological polar surface area (TPSA) is 74.6 Å². The third-order valence-electron chi connectivity index (χ3n) is 2.49. The second kappa shape index (κ2) is 4.37. The van der Waals surface area contributed by atoms with Crippen LogP contribution in [0.15, 0.2) is 0 Å². The highest BCUT2D eigenvalue weighted by Gasteiger charge is 2.31. The summed E-state index contributed by atoms with van der Waals surface area (Å²) in [4.78, 5) is 21.8. The van der Waals surface area contributed by atoms with E-state index < -0.39 is 11.9 Å². The van der Waals surface area contributed by atoms with Crippen molar-refractivity contribution in [2.45, 2.75) is 25.7 Å². The number of ketones is 1. The molecule has 0 heterocycles. The molecule has 1 saturated carbocycles. The van der Waals surface area contributed by atoms with Crippen molar-refractivity contribution in [1.29, 1.82) is 0 Å². The third kappa shape index (κ3) is 2.81. The molecule has 4 heteroatoms. The summed E-state index contributed by atoms with van der Waals surface area (Å²) in [6.07, 6.45) is 1.67. The van der Waals surface area contributed by atoms with E-state index in [2.05, 4.69) is 0 Å². The molecule has 0 aliphatic heterocycles. The van der Waals surface area contributed by atoms with Gasteiger partial charge in [0.15, 0.2) is 0 Å². The van der Waals surface area contributed by atoms with Gasteiger partial charge in [-0.25, -0.2) is 0 Å². The Balaban J connectivity index is 2.52. The lowest BCUT2D eigenvalue weighted by molar-refractivity contribution is -0.146. The lowest BCUT2D eigenvalue weighted by atomic mass is 9.79. The number of carboxylic acid groups (broad SMARTS) is 1. The van der Waals surface area contributed by atoms with Crippen LogP contribution in [0.2, 0.25) is 0 Å². The summed E-state index contributed by atoms with van der Waals surface area (Å²) < 4.78 is 0. The number of aliphatic hydroxyl groups excluding tert-OH is 1. The Hall–Kier alpha value is -0.900. The van der Waals surface area contributed by atoms with Crippen molar-refractivity contribution in [1.82, 2.24) is 0 Å². The van der Waals surface area contributed by atoms with Crippen molar-refractivity contribution in [3.05, 3.63) is 0 Å². The van der Waals surface area contributed by atoms with Gasteiger partial charge < -0.3 is 10.2 Å². The van der Waals surface area contributed by atoms with Crippen LogP contribution >= 0.6 is 0 Å². The van der Waals surface area contributed by atoms with Crippen LogP contribution in [0.1, 0.15) is 25.7 Å². The maximum atomic E-state index is 11.1. The molecule has 13 heavy (non-hydrogen) atoms. The minimum Gasteiger partial charge on any atom is -0.481 e. The van der Waals surface area contributed by atoms with Gasteiger partial charge >= 0.3 is 5.97 Å². The van der Waals surface area contributed by atoms with Gasteiger partial charge in [-0.1, -0.05) is 0 Å². The first kappa shape index (κ1) is 10.2. The van der Waals surface area contributed by atoms with E-state index in [-0.39, 0.29) is 24.7 Å². The maximum absolute atomic E-state index is 11.1. The van der Waals surface area contributed by atoms with Crippen molar-refractivity contribution in [2.75, 3.05) is 6.61 Å². The first-order chi connectivity index (χ1) is 6.13. The van der Waals surface area contributed by atoms with E-state index in [1.54, 1.807) is 0 Å². The molecule has 0 spiro atoms. The molecule has 1 aliphatic rings. The number of carbonyl (C=O) groups is 2. The molecule has 0 unspecified atom stereocenters. The summed E-state index contributed by atoms with van der Waals surface area (Å²) in [5.74, 6) is -1.35. The molecule has 2 atom stereocenters. The van der Waals surface area contributed by atoms with Gasteiger partial charge in [-0.05, 0) is 18.8 Å². The second-order valence-electron chi connectivity index (χ2n) is 3.60. The van der Waals surface area contributed by atoms with Crippen LogP contribution in [0.3, 0.4) is 0 Å². The van der Waals surface area contributed by atoms with Crippen LogP contribution in [0.4, 0.5) is 0 Å². The van der Waals surface area contributed by atoms with Gasteiger partial charge in [0.25, 0.3) is 0 Å². The van der Waals surface area contributed by atoms with Gasteiger partial charge in [-0.2, -0.15) is 0 Å². The average molecular weight is 186 g/mol. The fraction of sp³-hybridized carbons (Fsp3) is 0.778. The minimum atomic E-state index is -0.893. The van der Waals surface area contributed by atoms with Crippen molar-refractivity contribution in [3.8, 4) is 0 Å². The molecule has 0 radical (unpaired) electrons. The number of carboxylic acids is 1. The van der Waals surface area contributed by atoms with Gasteiger partial charge in [0.05, 0.1) is 5.92 Å². The van der Waals surface area contributed by atoms with Gasteiger partial charge in [0.1, 0.15) is 5.78 Å². The summed E-state index contributed by atoms with van der Waals surface area (Å²) in [6, 6.07) is 0. The second-order valence-corrected chi connectivity index (χ2v) is 3.60. The number of aliphatic carboxylic acids is 1. The molecule has 0 aromatic rings.